The Labute approximate surface area is 171 Å². The summed E-state index contributed by atoms with van der Waals surface area (Å²) in [6, 6.07) is 12.8. The van der Waals surface area contributed by atoms with Crippen molar-refractivity contribution in [3.63, 3.8) is 0 Å². The molecule has 30 heavy (non-hydrogen) atoms. The van der Waals surface area contributed by atoms with Crippen LogP contribution in [-0.2, 0) is 4.79 Å². The molecule has 0 aliphatic rings. The summed E-state index contributed by atoms with van der Waals surface area (Å²) in [5.41, 5.74) is 0. The molecular formula is C23H18O7. The average molecular weight is 406 g/mol. The van der Waals surface area contributed by atoms with Crippen LogP contribution in [0.5, 0.6) is 0 Å². The van der Waals surface area contributed by atoms with E-state index >= 15 is 0 Å². The lowest BCUT2D eigenvalue weighted by molar-refractivity contribution is -0.119. The molecule has 0 aliphatic heterocycles. The van der Waals surface area contributed by atoms with Crippen LogP contribution in [0.3, 0.4) is 0 Å². The van der Waals surface area contributed by atoms with Crippen molar-refractivity contribution in [1.29, 1.82) is 0 Å². The molecule has 0 bridgehead atoms. The van der Waals surface area contributed by atoms with Crippen LogP contribution in [0.2, 0.25) is 0 Å². The van der Waals surface area contributed by atoms with Crippen LogP contribution in [0.15, 0.2) is 91.3 Å². The first-order chi connectivity index (χ1) is 14.6. The Balaban J connectivity index is 1.55. The van der Waals surface area contributed by atoms with Crippen molar-refractivity contribution in [3.8, 4) is 0 Å². The van der Waals surface area contributed by atoms with Gasteiger partial charge in [-0.3, -0.25) is 14.4 Å². The van der Waals surface area contributed by atoms with Crippen LogP contribution < -0.4 is 0 Å². The molecule has 0 fully saturated rings. The predicted octanol–water partition coefficient (Wildman–Crippen LogP) is 5.04. The van der Waals surface area contributed by atoms with Gasteiger partial charge in [0.2, 0.25) is 11.6 Å². The average Bonchev–Trinajstić information content (AvgIpc) is 3.57. The first kappa shape index (κ1) is 19.4. The molecule has 2 atom stereocenters. The summed E-state index contributed by atoms with van der Waals surface area (Å²) in [7, 11) is 0. The molecule has 0 saturated carbocycles. The van der Waals surface area contributed by atoms with Crippen molar-refractivity contribution < 1.29 is 32.1 Å². The first-order valence-electron chi connectivity index (χ1n) is 9.37. The number of carbonyl (C=O) groups is 3. The number of ketones is 3. The second-order valence-electron chi connectivity index (χ2n) is 6.77. The van der Waals surface area contributed by atoms with Crippen LogP contribution in [-0.4, -0.2) is 17.3 Å². The molecule has 0 amide bonds. The highest BCUT2D eigenvalue weighted by Crippen LogP contribution is 2.30. The lowest BCUT2D eigenvalue weighted by Crippen LogP contribution is -2.20. The molecule has 0 aliphatic carbocycles. The Bertz CT molecular complexity index is 996. The van der Waals surface area contributed by atoms with Gasteiger partial charge < -0.3 is 17.7 Å². The maximum Gasteiger partial charge on any atom is 0.209 e. The van der Waals surface area contributed by atoms with Gasteiger partial charge in [-0.15, -0.1) is 0 Å². The second-order valence-corrected chi connectivity index (χ2v) is 6.77. The molecule has 4 aromatic rings. The van der Waals surface area contributed by atoms with Gasteiger partial charge in [0.15, 0.2) is 11.5 Å². The van der Waals surface area contributed by atoms with Crippen LogP contribution >= 0.6 is 0 Å². The number of hydrogen-bond acceptors (Lipinski definition) is 7. The zero-order valence-corrected chi connectivity index (χ0v) is 15.9. The maximum absolute atomic E-state index is 13.0. The van der Waals surface area contributed by atoms with Gasteiger partial charge in [-0.1, -0.05) is 0 Å². The zero-order chi connectivity index (χ0) is 20.9. The van der Waals surface area contributed by atoms with Crippen molar-refractivity contribution in [3.05, 3.63) is 96.6 Å². The summed E-state index contributed by atoms with van der Waals surface area (Å²) < 4.78 is 21.2. The standard InChI is InChI=1S/C23H18O7/c24-15(13-16(18-5-1-9-27-18)22(25)20-7-3-11-29-20)14-17(19-6-2-10-28-19)23(26)21-8-4-12-30-21/h1-12,16-17H,13-14H2. The molecule has 152 valence electrons. The van der Waals surface area contributed by atoms with Crippen LogP contribution in [0.4, 0.5) is 0 Å². The van der Waals surface area contributed by atoms with E-state index < -0.39 is 11.8 Å². The van der Waals surface area contributed by atoms with Gasteiger partial charge in [0.05, 0.1) is 36.9 Å². The topological polar surface area (TPSA) is 104 Å². The molecule has 4 aromatic heterocycles. The summed E-state index contributed by atoms with van der Waals surface area (Å²) in [5, 5.41) is 0. The van der Waals surface area contributed by atoms with E-state index in [-0.39, 0.29) is 41.7 Å². The Morgan fingerprint density at radius 2 is 1.00 bits per heavy atom. The minimum Gasteiger partial charge on any atom is -0.469 e. The van der Waals surface area contributed by atoms with E-state index in [1.807, 2.05) is 0 Å². The number of carbonyl (C=O) groups excluding carboxylic acids is 3. The summed E-state index contributed by atoms with van der Waals surface area (Å²) in [6.45, 7) is 0. The fourth-order valence-electron chi connectivity index (χ4n) is 3.34. The van der Waals surface area contributed by atoms with Crippen LogP contribution in [0, 0.1) is 0 Å². The molecule has 4 heterocycles. The number of rotatable bonds is 10. The van der Waals surface area contributed by atoms with Crippen molar-refractivity contribution in [1.82, 2.24) is 0 Å². The SMILES string of the molecule is O=C(CC(C(=O)c1ccco1)c1ccco1)CC(C(=O)c1ccco1)c1ccco1. The zero-order valence-electron chi connectivity index (χ0n) is 15.9. The van der Waals surface area contributed by atoms with Gasteiger partial charge in [-0.25, -0.2) is 0 Å². The summed E-state index contributed by atoms with van der Waals surface area (Å²) in [6.07, 6.45) is 5.38. The molecule has 4 rings (SSSR count). The number of furan rings is 4. The highest BCUT2D eigenvalue weighted by Gasteiger charge is 2.33. The van der Waals surface area contributed by atoms with Gasteiger partial charge in [0.1, 0.15) is 17.3 Å². The van der Waals surface area contributed by atoms with E-state index in [0.29, 0.717) is 11.5 Å². The molecule has 0 radical (unpaired) electrons. The predicted molar refractivity (Wildman–Crippen MR) is 103 cm³/mol. The quantitative estimate of drug-likeness (QED) is 0.340. The third-order valence-electron chi connectivity index (χ3n) is 4.80. The molecule has 0 spiro atoms. The summed E-state index contributed by atoms with van der Waals surface area (Å²) >= 11 is 0. The van der Waals surface area contributed by atoms with Gasteiger partial charge in [0.25, 0.3) is 0 Å². The summed E-state index contributed by atoms with van der Waals surface area (Å²) in [5.74, 6) is -1.74. The Morgan fingerprint density at radius 3 is 1.33 bits per heavy atom. The molecule has 7 nitrogen and oxygen atoms in total. The minimum atomic E-state index is -0.852. The van der Waals surface area contributed by atoms with E-state index in [9.17, 15) is 14.4 Å². The smallest absolute Gasteiger partial charge is 0.209 e. The highest BCUT2D eigenvalue weighted by atomic mass is 16.3. The highest BCUT2D eigenvalue weighted by molar-refractivity contribution is 6.03. The van der Waals surface area contributed by atoms with Crippen LogP contribution in [0.1, 0.15) is 57.3 Å². The van der Waals surface area contributed by atoms with Crippen molar-refractivity contribution in [2.24, 2.45) is 0 Å². The molecule has 0 N–H and O–H groups in total. The van der Waals surface area contributed by atoms with Crippen molar-refractivity contribution in [2.75, 3.05) is 0 Å². The number of Topliss-reactive ketones (excluding diaryl/α,β-unsaturated/α-hetero) is 3. The molecule has 7 heteroatoms. The van der Waals surface area contributed by atoms with E-state index in [4.69, 9.17) is 17.7 Å². The van der Waals surface area contributed by atoms with Gasteiger partial charge >= 0.3 is 0 Å². The van der Waals surface area contributed by atoms with Gasteiger partial charge in [-0.2, -0.15) is 0 Å². The lowest BCUT2D eigenvalue weighted by Gasteiger charge is -2.15. The monoisotopic (exact) mass is 406 g/mol. The Morgan fingerprint density at radius 1 is 0.600 bits per heavy atom. The minimum absolute atomic E-state index is 0.137. The largest absolute Gasteiger partial charge is 0.469 e. The molecule has 0 saturated heterocycles. The third-order valence-corrected chi connectivity index (χ3v) is 4.80. The van der Waals surface area contributed by atoms with Crippen molar-refractivity contribution >= 4 is 17.3 Å². The number of hydrogen-bond donors (Lipinski definition) is 0. The normalized spacial score (nSPS) is 13.1. The molecule has 2 unspecified atom stereocenters. The van der Waals surface area contributed by atoms with Gasteiger partial charge in [0, 0.05) is 12.8 Å². The third kappa shape index (κ3) is 4.10. The van der Waals surface area contributed by atoms with E-state index in [0.717, 1.165) is 0 Å². The fourth-order valence-corrected chi connectivity index (χ4v) is 3.34. The Hall–Kier alpha value is -3.87. The molecular weight excluding hydrogens is 388 g/mol. The van der Waals surface area contributed by atoms with Crippen molar-refractivity contribution in [2.45, 2.75) is 24.7 Å². The first-order valence-corrected chi connectivity index (χ1v) is 9.37. The fraction of sp³-hybridized carbons (Fsp3) is 0.174. The van der Waals surface area contributed by atoms with Gasteiger partial charge in [-0.05, 0) is 48.5 Å². The molecule has 0 aromatic carbocycles. The van der Waals surface area contributed by atoms with E-state index in [2.05, 4.69) is 0 Å². The lowest BCUT2D eigenvalue weighted by atomic mass is 9.87. The summed E-state index contributed by atoms with van der Waals surface area (Å²) in [4.78, 5) is 38.7. The van der Waals surface area contributed by atoms with E-state index in [1.165, 1.54) is 37.2 Å². The Kier molecular flexibility index (Phi) is 5.61. The maximum atomic E-state index is 13.0. The van der Waals surface area contributed by atoms with Crippen LogP contribution in [0.25, 0.3) is 0 Å². The second kappa shape index (κ2) is 8.65. The van der Waals surface area contributed by atoms with E-state index in [1.54, 1.807) is 36.4 Å².